The van der Waals surface area contributed by atoms with Crippen LogP contribution in [0.4, 0.5) is 13.2 Å². The van der Waals surface area contributed by atoms with Gasteiger partial charge in [-0.2, -0.15) is 13.2 Å². The number of nitrogens with zero attached hydrogens (tertiary/aromatic N) is 1. The van der Waals surface area contributed by atoms with E-state index in [4.69, 9.17) is 4.74 Å². The van der Waals surface area contributed by atoms with Gasteiger partial charge in [0.2, 0.25) is 0 Å². The maximum absolute atomic E-state index is 12.8. The molecule has 110 valence electrons. The molecule has 1 aromatic heterocycles. The lowest BCUT2D eigenvalue weighted by Crippen LogP contribution is -2.09. The number of aromatic nitrogens is 1. The Morgan fingerprint density at radius 2 is 1.70 bits per heavy atom. The summed E-state index contributed by atoms with van der Waals surface area (Å²) >= 11 is 0. The predicted molar refractivity (Wildman–Crippen MR) is 73.9 cm³/mol. The van der Waals surface area contributed by atoms with Crippen molar-refractivity contribution in [2.75, 3.05) is 6.61 Å². The van der Waals surface area contributed by atoms with Crippen LogP contribution < -0.4 is 4.74 Å². The quantitative estimate of drug-likeness (QED) is 0.785. The van der Waals surface area contributed by atoms with E-state index >= 15 is 0 Å². The molecule has 0 aliphatic rings. The van der Waals surface area contributed by atoms with Crippen molar-refractivity contribution in [1.29, 1.82) is 0 Å². The normalized spacial score (nSPS) is 10.9. The maximum Gasteiger partial charge on any atom is 0.433 e. The first-order chi connectivity index (χ1) is 9.54. The first-order valence-corrected chi connectivity index (χ1v) is 6.61. The van der Waals surface area contributed by atoms with Crippen molar-refractivity contribution in [2.45, 2.75) is 33.4 Å². The minimum Gasteiger partial charge on any atom is -0.491 e. The van der Waals surface area contributed by atoms with Crippen LogP contribution in [-0.2, 0) is 6.18 Å². The Morgan fingerprint density at radius 1 is 1.10 bits per heavy atom. The van der Waals surface area contributed by atoms with Crippen molar-refractivity contribution >= 4 is 10.8 Å². The Balaban J connectivity index is 0.000000956. The molecule has 20 heavy (non-hydrogen) atoms. The predicted octanol–water partition coefficient (Wildman–Crippen LogP) is 5.07. The van der Waals surface area contributed by atoms with Crippen LogP contribution in [0.15, 0.2) is 30.5 Å². The summed E-state index contributed by atoms with van der Waals surface area (Å²) < 4.78 is 43.8. The van der Waals surface area contributed by atoms with Crippen molar-refractivity contribution in [1.82, 2.24) is 4.98 Å². The highest BCUT2D eigenvalue weighted by Crippen LogP contribution is 2.36. The molecule has 0 bridgehead atoms. The van der Waals surface area contributed by atoms with Crippen LogP contribution in [0.3, 0.4) is 0 Å². The molecule has 0 unspecified atom stereocenters. The van der Waals surface area contributed by atoms with Gasteiger partial charge < -0.3 is 4.74 Å². The summed E-state index contributed by atoms with van der Waals surface area (Å²) in [6.45, 7) is 6.39. The largest absolute Gasteiger partial charge is 0.491 e. The molecule has 1 heterocycles. The molecule has 0 fully saturated rings. The smallest absolute Gasteiger partial charge is 0.433 e. The molecule has 0 saturated carbocycles. The van der Waals surface area contributed by atoms with Crippen molar-refractivity contribution in [3.05, 3.63) is 36.2 Å². The van der Waals surface area contributed by atoms with E-state index in [9.17, 15) is 13.2 Å². The molecular weight excluding hydrogens is 267 g/mol. The van der Waals surface area contributed by atoms with Gasteiger partial charge in [0.05, 0.1) is 12.8 Å². The van der Waals surface area contributed by atoms with Crippen molar-refractivity contribution in [2.24, 2.45) is 0 Å². The van der Waals surface area contributed by atoms with E-state index < -0.39 is 11.9 Å². The number of fused-ring (bicyclic) bond motifs is 1. The van der Waals surface area contributed by atoms with Crippen LogP contribution >= 0.6 is 0 Å². The molecule has 0 N–H and O–H groups in total. The summed E-state index contributed by atoms with van der Waals surface area (Å²) in [6.07, 6.45) is -2.53. The van der Waals surface area contributed by atoms with Gasteiger partial charge in [0.15, 0.2) is 5.69 Å². The second kappa shape index (κ2) is 7.12. The first-order valence-electron chi connectivity index (χ1n) is 6.61. The molecule has 2 nitrogen and oxygen atoms in total. The van der Waals surface area contributed by atoms with Gasteiger partial charge in [-0.3, -0.25) is 0 Å². The number of hydrogen-bond donors (Lipinski definition) is 0. The van der Waals surface area contributed by atoms with E-state index in [1.165, 1.54) is 6.07 Å². The van der Waals surface area contributed by atoms with E-state index in [-0.39, 0.29) is 5.39 Å². The lowest BCUT2D eigenvalue weighted by molar-refractivity contribution is -0.139. The molecule has 0 radical (unpaired) electrons. The lowest BCUT2D eigenvalue weighted by atomic mass is 10.1. The fourth-order valence-corrected chi connectivity index (χ4v) is 1.72. The fraction of sp³-hybridized carbons (Fsp3) is 0.400. The summed E-state index contributed by atoms with van der Waals surface area (Å²) in [7, 11) is 0. The van der Waals surface area contributed by atoms with Crippen LogP contribution in [0.2, 0.25) is 0 Å². The molecule has 5 heteroatoms. The topological polar surface area (TPSA) is 22.1 Å². The maximum atomic E-state index is 12.8. The summed E-state index contributed by atoms with van der Waals surface area (Å²) in [5, 5.41) is 0.506. The number of halogens is 3. The minimum absolute atomic E-state index is 0.0682. The highest BCUT2D eigenvalue weighted by molar-refractivity contribution is 5.90. The number of benzene rings is 1. The van der Waals surface area contributed by atoms with Crippen LogP contribution in [0.5, 0.6) is 5.75 Å². The van der Waals surface area contributed by atoms with Crippen LogP contribution in [-0.4, -0.2) is 11.6 Å². The van der Waals surface area contributed by atoms with E-state index in [0.717, 1.165) is 12.6 Å². The Labute approximate surface area is 116 Å². The van der Waals surface area contributed by atoms with Gasteiger partial charge in [0.25, 0.3) is 0 Å². The lowest BCUT2D eigenvalue weighted by Gasteiger charge is -2.12. The minimum atomic E-state index is -4.46. The third-order valence-electron chi connectivity index (χ3n) is 2.49. The average molecular weight is 285 g/mol. The van der Waals surface area contributed by atoms with Gasteiger partial charge in [-0.15, -0.1) is 0 Å². The monoisotopic (exact) mass is 285 g/mol. The third-order valence-corrected chi connectivity index (χ3v) is 2.49. The first kappa shape index (κ1) is 16.3. The second-order valence-corrected chi connectivity index (χ2v) is 3.86. The average Bonchev–Trinajstić information content (AvgIpc) is 2.45. The van der Waals surface area contributed by atoms with Crippen LogP contribution in [0, 0.1) is 0 Å². The van der Waals surface area contributed by atoms with Gasteiger partial charge >= 0.3 is 6.18 Å². The van der Waals surface area contributed by atoms with E-state index in [1.54, 1.807) is 18.2 Å². The molecule has 0 aliphatic carbocycles. The molecule has 0 amide bonds. The molecule has 1 aromatic carbocycles. The van der Waals surface area contributed by atoms with E-state index in [2.05, 4.69) is 4.98 Å². The molecule has 0 atom stereocenters. The zero-order valence-electron chi connectivity index (χ0n) is 11.8. The molecule has 2 aromatic rings. The molecular formula is C15H18F3NO. The third kappa shape index (κ3) is 3.62. The number of rotatable bonds is 3. The molecule has 0 aliphatic heterocycles. The number of hydrogen-bond acceptors (Lipinski definition) is 2. The standard InChI is InChI=1S/C13H12F3NO.C2H6/c1-2-7-18-11-8-17-12(13(14,15)16)10-6-4-3-5-9(10)11;1-2/h3-6,8H,2,7H2,1H3;1-2H3. The van der Waals surface area contributed by atoms with E-state index in [0.29, 0.717) is 17.7 Å². The summed E-state index contributed by atoms with van der Waals surface area (Å²) in [6, 6.07) is 6.26. The van der Waals surface area contributed by atoms with Gasteiger partial charge in [-0.25, -0.2) is 4.98 Å². The molecule has 0 spiro atoms. The fourth-order valence-electron chi connectivity index (χ4n) is 1.72. The summed E-state index contributed by atoms with van der Waals surface area (Å²) in [5.41, 5.74) is -0.873. The Kier molecular flexibility index (Phi) is 5.80. The van der Waals surface area contributed by atoms with E-state index in [1.807, 2.05) is 20.8 Å². The van der Waals surface area contributed by atoms with Gasteiger partial charge in [0.1, 0.15) is 5.75 Å². The number of pyridine rings is 1. The van der Waals surface area contributed by atoms with Gasteiger partial charge in [-0.05, 0) is 6.42 Å². The molecule has 2 rings (SSSR count). The SMILES string of the molecule is CC.CCCOc1cnc(C(F)(F)F)c2ccccc12. The Bertz CT molecular complexity index is 552. The van der Waals surface area contributed by atoms with Crippen LogP contribution in [0.25, 0.3) is 10.8 Å². The summed E-state index contributed by atoms with van der Waals surface area (Å²) in [5.74, 6) is 0.389. The number of alkyl halides is 3. The summed E-state index contributed by atoms with van der Waals surface area (Å²) in [4.78, 5) is 3.48. The van der Waals surface area contributed by atoms with Gasteiger partial charge in [0, 0.05) is 10.8 Å². The number of ether oxygens (including phenoxy) is 1. The zero-order chi connectivity index (χ0) is 15.2. The van der Waals surface area contributed by atoms with Crippen molar-refractivity contribution in [3.63, 3.8) is 0 Å². The van der Waals surface area contributed by atoms with Crippen molar-refractivity contribution < 1.29 is 17.9 Å². The highest BCUT2D eigenvalue weighted by Gasteiger charge is 2.34. The molecule has 0 saturated heterocycles. The van der Waals surface area contributed by atoms with Crippen LogP contribution in [0.1, 0.15) is 32.9 Å². The Morgan fingerprint density at radius 3 is 2.25 bits per heavy atom. The van der Waals surface area contributed by atoms with Gasteiger partial charge in [-0.1, -0.05) is 45.0 Å². The zero-order valence-corrected chi connectivity index (χ0v) is 11.8. The highest BCUT2D eigenvalue weighted by atomic mass is 19.4. The Hall–Kier alpha value is -1.78. The van der Waals surface area contributed by atoms with Crippen molar-refractivity contribution in [3.8, 4) is 5.75 Å². The second-order valence-electron chi connectivity index (χ2n) is 3.86.